The van der Waals surface area contributed by atoms with E-state index in [0.29, 0.717) is 12.2 Å². The van der Waals surface area contributed by atoms with Crippen molar-refractivity contribution in [1.82, 2.24) is 10.3 Å². The van der Waals surface area contributed by atoms with E-state index < -0.39 is 5.97 Å². The highest BCUT2D eigenvalue weighted by atomic mass is 16.4. The first-order valence-electron chi connectivity index (χ1n) is 3.90. The van der Waals surface area contributed by atoms with E-state index in [1.807, 2.05) is 6.07 Å². The first-order valence-corrected chi connectivity index (χ1v) is 3.90. The summed E-state index contributed by atoms with van der Waals surface area (Å²) in [6, 6.07) is 3.66. The number of hydrogen-bond acceptors (Lipinski definition) is 3. The second-order valence-electron chi connectivity index (χ2n) is 2.76. The van der Waals surface area contributed by atoms with Gasteiger partial charge in [0.15, 0.2) is 0 Å². The van der Waals surface area contributed by atoms with E-state index in [1.165, 1.54) is 6.20 Å². The number of aromatic nitrogens is 1. The smallest absolute Gasteiger partial charge is 0.339 e. The summed E-state index contributed by atoms with van der Waals surface area (Å²) in [6.45, 7) is 0.639. The van der Waals surface area contributed by atoms with Gasteiger partial charge in [0.1, 0.15) is 5.57 Å². The number of carboxylic acids is 1. The van der Waals surface area contributed by atoms with Crippen LogP contribution in [0.1, 0.15) is 11.3 Å². The Balaban J connectivity index is 2.53. The molecule has 0 saturated carbocycles. The minimum absolute atomic E-state index is 0.224. The van der Waals surface area contributed by atoms with Gasteiger partial charge in [0.05, 0.1) is 5.69 Å². The number of hydrogen-bond donors (Lipinski definition) is 2. The third-order valence-electron chi connectivity index (χ3n) is 1.92. The molecule has 4 heteroatoms. The van der Waals surface area contributed by atoms with E-state index in [2.05, 4.69) is 10.3 Å². The van der Waals surface area contributed by atoms with Crippen molar-refractivity contribution in [1.29, 1.82) is 0 Å². The van der Waals surface area contributed by atoms with Crippen LogP contribution in [0.5, 0.6) is 0 Å². The molecule has 0 saturated heterocycles. The molecule has 0 aromatic carbocycles. The Morgan fingerprint density at radius 2 is 2.46 bits per heavy atom. The van der Waals surface area contributed by atoms with Crippen molar-refractivity contribution in [2.75, 3.05) is 0 Å². The molecule has 0 radical (unpaired) electrons. The van der Waals surface area contributed by atoms with Gasteiger partial charge in [-0.3, -0.25) is 4.98 Å². The lowest BCUT2D eigenvalue weighted by Gasteiger charge is -2.14. The Kier molecular flexibility index (Phi) is 1.73. The third-order valence-corrected chi connectivity index (χ3v) is 1.92. The molecule has 1 aromatic rings. The molecule has 0 amide bonds. The minimum atomic E-state index is -0.952. The lowest BCUT2D eigenvalue weighted by Crippen LogP contribution is -2.18. The second kappa shape index (κ2) is 2.90. The molecule has 0 fully saturated rings. The summed E-state index contributed by atoms with van der Waals surface area (Å²) >= 11 is 0. The van der Waals surface area contributed by atoms with Crippen molar-refractivity contribution in [2.24, 2.45) is 0 Å². The molecule has 0 atom stereocenters. The molecule has 1 aliphatic rings. The van der Waals surface area contributed by atoms with Gasteiger partial charge >= 0.3 is 5.97 Å². The Morgan fingerprint density at radius 3 is 3.23 bits per heavy atom. The summed E-state index contributed by atoms with van der Waals surface area (Å²) in [5.41, 5.74) is 1.71. The van der Waals surface area contributed by atoms with Crippen molar-refractivity contribution < 1.29 is 9.90 Å². The van der Waals surface area contributed by atoms with E-state index in [-0.39, 0.29) is 5.57 Å². The van der Waals surface area contributed by atoms with Gasteiger partial charge in [-0.2, -0.15) is 0 Å². The lowest BCUT2D eigenvalue weighted by molar-refractivity contribution is -0.130. The number of rotatable bonds is 1. The summed E-state index contributed by atoms with van der Waals surface area (Å²) in [5.74, 6) is -0.952. The molecule has 2 rings (SSSR count). The van der Waals surface area contributed by atoms with Gasteiger partial charge in [0.25, 0.3) is 0 Å². The average molecular weight is 176 g/mol. The molecule has 1 aromatic heterocycles. The Bertz CT molecular complexity index is 385. The van der Waals surface area contributed by atoms with E-state index in [1.54, 1.807) is 12.3 Å². The van der Waals surface area contributed by atoms with Crippen molar-refractivity contribution in [3.8, 4) is 0 Å². The van der Waals surface area contributed by atoms with Crippen LogP contribution in [0, 0.1) is 0 Å². The predicted octanol–water partition coefficient (Wildman–Crippen LogP) is 0.610. The van der Waals surface area contributed by atoms with Crippen molar-refractivity contribution in [3.63, 3.8) is 0 Å². The quantitative estimate of drug-likeness (QED) is 0.658. The first-order chi connectivity index (χ1) is 6.29. The highest BCUT2D eigenvalue weighted by Gasteiger charge is 2.18. The van der Waals surface area contributed by atoms with Crippen LogP contribution in [0.2, 0.25) is 0 Å². The number of fused-ring (bicyclic) bond motifs is 1. The maximum Gasteiger partial charge on any atom is 0.339 e. The molecule has 1 aliphatic heterocycles. The molecule has 0 bridgehead atoms. The first kappa shape index (κ1) is 7.79. The second-order valence-corrected chi connectivity index (χ2v) is 2.76. The Labute approximate surface area is 74.9 Å². The van der Waals surface area contributed by atoms with Crippen LogP contribution in [-0.2, 0) is 11.3 Å². The lowest BCUT2D eigenvalue weighted by atomic mass is 10.0. The number of carboxylic acid groups (broad SMARTS) is 1. The van der Waals surface area contributed by atoms with Gasteiger partial charge in [-0.1, -0.05) is 6.07 Å². The molecule has 0 spiro atoms. The number of pyridine rings is 1. The Hall–Kier alpha value is -1.84. The molecule has 4 nitrogen and oxygen atoms in total. The fourth-order valence-electron chi connectivity index (χ4n) is 1.32. The van der Waals surface area contributed by atoms with Gasteiger partial charge in [0.2, 0.25) is 0 Å². The number of nitrogens with one attached hydrogen (secondary N) is 1. The van der Waals surface area contributed by atoms with Crippen LogP contribution in [0.3, 0.4) is 0 Å². The maximum atomic E-state index is 10.8. The van der Waals surface area contributed by atoms with Crippen LogP contribution in [-0.4, -0.2) is 16.1 Å². The normalized spacial score (nSPS) is 14.0. The highest BCUT2D eigenvalue weighted by Crippen LogP contribution is 2.19. The monoisotopic (exact) mass is 176 g/mol. The summed E-state index contributed by atoms with van der Waals surface area (Å²) in [4.78, 5) is 14.8. The number of carbonyl (C=O) groups is 1. The molecule has 13 heavy (non-hydrogen) atoms. The summed E-state index contributed by atoms with van der Waals surface area (Å²) < 4.78 is 0. The van der Waals surface area contributed by atoms with Crippen LogP contribution < -0.4 is 5.32 Å². The zero-order valence-corrected chi connectivity index (χ0v) is 6.82. The van der Waals surface area contributed by atoms with E-state index >= 15 is 0 Å². The molecular weight excluding hydrogens is 168 g/mol. The van der Waals surface area contributed by atoms with Crippen molar-refractivity contribution in [3.05, 3.63) is 35.8 Å². The molecule has 66 valence electrons. The number of aliphatic carboxylic acids is 1. The van der Waals surface area contributed by atoms with Crippen molar-refractivity contribution in [2.45, 2.75) is 6.54 Å². The molecule has 2 N–H and O–H groups in total. The van der Waals surface area contributed by atoms with E-state index in [9.17, 15) is 4.79 Å². The molecule has 2 heterocycles. The Morgan fingerprint density at radius 1 is 1.62 bits per heavy atom. The molecular formula is C9H8N2O2. The van der Waals surface area contributed by atoms with Crippen LogP contribution in [0.4, 0.5) is 0 Å². The minimum Gasteiger partial charge on any atom is -0.478 e. The number of nitrogens with zero attached hydrogens (tertiary/aromatic N) is 1. The zero-order valence-electron chi connectivity index (χ0n) is 6.82. The summed E-state index contributed by atoms with van der Waals surface area (Å²) in [6.07, 6.45) is 3.08. The van der Waals surface area contributed by atoms with E-state index in [0.717, 1.165) is 5.56 Å². The largest absolute Gasteiger partial charge is 0.478 e. The standard InChI is InChI=1S/C9H8N2O2/c12-9(13)7-5-10-4-6-2-1-3-11-8(6)7/h1-3,5,10H,4H2,(H,12,13). The third kappa shape index (κ3) is 1.26. The predicted molar refractivity (Wildman–Crippen MR) is 46.7 cm³/mol. The van der Waals surface area contributed by atoms with Crippen molar-refractivity contribution >= 4 is 11.5 Å². The fraction of sp³-hybridized carbons (Fsp3) is 0.111. The topological polar surface area (TPSA) is 62.2 Å². The fourth-order valence-corrected chi connectivity index (χ4v) is 1.32. The molecule has 0 unspecified atom stereocenters. The highest BCUT2D eigenvalue weighted by molar-refractivity contribution is 6.15. The van der Waals surface area contributed by atoms with Crippen LogP contribution >= 0.6 is 0 Å². The van der Waals surface area contributed by atoms with Crippen LogP contribution in [0.25, 0.3) is 5.57 Å². The van der Waals surface area contributed by atoms with Gasteiger partial charge < -0.3 is 10.4 Å². The van der Waals surface area contributed by atoms with Gasteiger partial charge in [0, 0.05) is 18.9 Å². The molecule has 0 aliphatic carbocycles. The average Bonchev–Trinajstić information content (AvgIpc) is 2.17. The summed E-state index contributed by atoms with van der Waals surface area (Å²) in [5, 5.41) is 11.7. The van der Waals surface area contributed by atoms with Gasteiger partial charge in [-0.05, 0) is 11.6 Å². The van der Waals surface area contributed by atoms with Gasteiger partial charge in [-0.25, -0.2) is 4.79 Å². The SMILES string of the molecule is O=C(O)C1=CNCc2cccnc21. The summed E-state index contributed by atoms with van der Waals surface area (Å²) in [7, 11) is 0. The van der Waals surface area contributed by atoms with Gasteiger partial charge in [-0.15, -0.1) is 0 Å². The van der Waals surface area contributed by atoms with Crippen LogP contribution in [0.15, 0.2) is 24.5 Å². The zero-order chi connectivity index (χ0) is 9.26. The van der Waals surface area contributed by atoms with E-state index in [4.69, 9.17) is 5.11 Å². The maximum absolute atomic E-state index is 10.8.